The topological polar surface area (TPSA) is 105 Å². The monoisotopic (exact) mass is 209 g/mol. The molecule has 0 aliphatic heterocycles. The number of nitrogens with one attached hydrogen (secondary N) is 1. The lowest BCUT2D eigenvalue weighted by Crippen LogP contribution is -2.26. The molecule has 0 atom stereocenters. The summed E-state index contributed by atoms with van der Waals surface area (Å²) in [6, 6.07) is 3.11. The first kappa shape index (κ1) is 11.0. The number of carbonyl (C=O) groups is 2. The molecule has 0 radical (unpaired) electrons. The van der Waals surface area contributed by atoms with Crippen molar-refractivity contribution in [2.45, 2.75) is 6.42 Å². The van der Waals surface area contributed by atoms with Crippen LogP contribution < -0.4 is 11.1 Å². The number of hydrogen-bond acceptors (Lipinski definition) is 4. The van der Waals surface area contributed by atoms with E-state index in [2.05, 4.69) is 10.3 Å². The van der Waals surface area contributed by atoms with Gasteiger partial charge < -0.3 is 16.2 Å². The molecule has 6 heteroatoms. The number of carboxylic acids is 1. The molecule has 1 aromatic rings. The molecule has 0 aromatic carbocycles. The Morgan fingerprint density at radius 3 is 2.87 bits per heavy atom. The number of carboxylic acid groups (broad SMARTS) is 1. The highest BCUT2D eigenvalue weighted by Crippen LogP contribution is 2.05. The predicted molar refractivity (Wildman–Crippen MR) is 53.2 cm³/mol. The summed E-state index contributed by atoms with van der Waals surface area (Å²) >= 11 is 0. The fourth-order valence-corrected chi connectivity index (χ4v) is 0.988. The van der Waals surface area contributed by atoms with E-state index < -0.39 is 11.9 Å². The van der Waals surface area contributed by atoms with Gasteiger partial charge in [0.1, 0.15) is 5.82 Å². The average Bonchev–Trinajstić information content (AvgIpc) is 2.17. The summed E-state index contributed by atoms with van der Waals surface area (Å²) in [5, 5.41) is 10.8. The highest BCUT2D eigenvalue weighted by Gasteiger charge is 2.09. The summed E-state index contributed by atoms with van der Waals surface area (Å²) in [5.74, 6) is -1.25. The van der Waals surface area contributed by atoms with Crippen molar-refractivity contribution in [1.29, 1.82) is 0 Å². The van der Waals surface area contributed by atoms with Crippen molar-refractivity contribution in [2.24, 2.45) is 0 Å². The number of hydrogen-bond donors (Lipinski definition) is 3. The molecule has 0 saturated heterocycles. The van der Waals surface area contributed by atoms with Crippen LogP contribution in [0.5, 0.6) is 0 Å². The molecule has 1 heterocycles. The van der Waals surface area contributed by atoms with E-state index in [-0.39, 0.29) is 24.3 Å². The number of rotatable bonds is 4. The summed E-state index contributed by atoms with van der Waals surface area (Å²) in [7, 11) is 0. The van der Waals surface area contributed by atoms with Gasteiger partial charge >= 0.3 is 5.97 Å². The first-order valence-corrected chi connectivity index (χ1v) is 4.31. The van der Waals surface area contributed by atoms with E-state index in [0.717, 1.165) is 0 Å². The van der Waals surface area contributed by atoms with Gasteiger partial charge in [0.25, 0.3) is 5.91 Å². The van der Waals surface area contributed by atoms with Gasteiger partial charge in [-0.2, -0.15) is 0 Å². The minimum Gasteiger partial charge on any atom is -0.481 e. The number of nitrogens with zero attached hydrogens (tertiary/aromatic N) is 1. The third kappa shape index (κ3) is 3.26. The summed E-state index contributed by atoms with van der Waals surface area (Å²) in [4.78, 5) is 25.4. The van der Waals surface area contributed by atoms with Crippen molar-refractivity contribution in [3.63, 3.8) is 0 Å². The second kappa shape index (κ2) is 4.94. The molecule has 80 valence electrons. The van der Waals surface area contributed by atoms with E-state index in [1.54, 1.807) is 6.07 Å². The summed E-state index contributed by atoms with van der Waals surface area (Å²) < 4.78 is 0. The maximum Gasteiger partial charge on any atom is 0.305 e. The van der Waals surface area contributed by atoms with Crippen LogP contribution in [-0.2, 0) is 4.79 Å². The van der Waals surface area contributed by atoms with Crippen molar-refractivity contribution in [3.8, 4) is 0 Å². The molecule has 1 rings (SSSR count). The Labute approximate surface area is 86.1 Å². The maximum atomic E-state index is 11.4. The third-order valence-electron chi connectivity index (χ3n) is 1.71. The highest BCUT2D eigenvalue weighted by molar-refractivity contribution is 5.98. The standard InChI is InChI=1S/C9H11N3O3/c10-8-6(2-1-4-11-8)9(15)12-5-3-7(13)14/h1-2,4H,3,5H2,(H2,10,11)(H,12,15)(H,13,14). The van der Waals surface area contributed by atoms with Crippen LogP contribution in [0, 0.1) is 0 Å². The Hall–Kier alpha value is -2.11. The smallest absolute Gasteiger partial charge is 0.305 e. The van der Waals surface area contributed by atoms with E-state index in [1.807, 2.05) is 0 Å². The lowest BCUT2D eigenvalue weighted by atomic mass is 10.2. The summed E-state index contributed by atoms with van der Waals surface area (Å²) in [5.41, 5.74) is 5.72. The fourth-order valence-electron chi connectivity index (χ4n) is 0.988. The molecule has 0 saturated carbocycles. The van der Waals surface area contributed by atoms with Gasteiger partial charge in [-0.3, -0.25) is 9.59 Å². The zero-order valence-corrected chi connectivity index (χ0v) is 7.93. The first-order chi connectivity index (χ1) is 7.11. The molecule has 1 aromatic heterocycles. The van der Waals surface area contributed by atoms with Crippen LogP contribution in [0.2, 0.25) is 0 Å². The van der Waals surface area contributed by atoms with Gasteiger partial charge in [0.05, 0.1) is 12.0 Å². The second-order valence-electron chi connectivity index (χ2n) is 2.84. The maximum absolute atomic E-state index is 11.4. The molecule has 1 amide bonds. The number of anilines is 1. The van der Waals surface area contributed by atoms with Gasteiger partial charge in [0.15, 0.2) is 0 Å². The van der Waals surface area contributed by atoms with Crippen LogP contribution in [0.25, 0.3) is 0 Å². The molecule has 15 heavy (non-hydrogen) atoms. The molecule has 0 unspecified atom stereocenters. The molecule has 0 aliphatic carbocycles. The van der Waals surface area contributed by atoms with E-state index in [0.29, 0.717) is 0 Å². The minimum atomic E-state index is -0.963. The Morgan fingerprint density at radius 1 is 1.53 bits per heavy atom. The van der Waals surface area contributed by atoms with Gasteiger partial charge in [0, 0.05) is 12.7 Å². The van der Waals surface area contributed by atoms with Gasteiger partial charge in [0.2, 0.25) is 0 Å². The summed E-state index contributed by atoms with van der Waals surface area (Å²) in [6.45, 7) is 0.0719. The Morgan fingerprint density at radius 2 is 2.27 bits per heavy atom. The number of nitrogen functional groups attached to an aromatic ring is 1. The minimum absolute atomic E-state index is 0.0719. The first-order valence-electron chi connectivity index (χ1n) is 4.31. The van der Waals surface area contributed by atoms with E-state index >= 15 is 0 Å². The largest absolute Gasteiger partial charge is 0.481 e. The number of pyridine rings is 1. The molecule has 0 bridgehead atoms. The molecular formula is C9H11N3O3. The Bertz CT molecular complexity index is 379. The van der Waals surface area contributed by atoms with Gasteiger partial charge in [-0.25, -0.2) is 4.98 Å². The Balaban J connectivity index is 2.54. The average molecular weight is 209 g/mol. The normalized spacial score (nSPS) is 9.60. The predicted octanol–water partition coefficient (Wildman–Crippen LogP) is -0.132. The Kier molecular flexibility index (Phi) is 3.61. The van der Waals surface area contributed by atoms with Crippen LogP contribution in [0.15, 0.2) is 18.3 Å². The lowest BCUT2D eigenvalue weighted by molar-refractivity contribution is -0.136. The van der Waals surface area contributed by atoms with Crippen molar-refractivity contribution < 1.29 is 14.7 Å². The second-order valence-corrected chi connectivity index (χ2v) is 2.84. The van der Waals surface area contributed by atoms with Crippen LogP contribution >= 0.6 is 0 Å². The number of aromatic nitrogens is 1. The van der Waals surface area contributed by atoms with Crippen molar-refractivity contribution in [3.05, 3.63) is 23.9 Å². The molecule has 0 spiro atoms. The van der Waals surface area contributed by atoms with Gasteiger partial charge in [-0.1, -0.05) is 0 Å². The van der Waals surface area contributed by atoms with Crippen LogP contribution in [-0.4, -0.2) is 28.5 Å². The van der Waals surface area contributed by atoms with Crippen LogP contribution in [0.3, 0.4) is 0 Å². The SMILES string of the molecule is Nc1ncccc1C(=O)NCCC(=O)O. The van der Waals surface area contributed by atoms with E-state index in [9.17, 15) is 9.59 Å². The summed E-state index contributed by atoms with van der Waals surface area (Å²) in [6.07, 6.45) is 1.36. The number of nitrogens with two attached hydrogens (primary N) is 1. The molecule has 0 fully saturated rings. The van der Waals surface area contributed by atoms with Crippen molar-refractivity contribution in [1.82, 2.24) is 10.3 Å². The van der Waals surface area contributed by atoms with Crippen molar-refractivity contribution in [2.75, 3.05) is 12.3 Å². The van der Waals surface area contributed by atoms with Crippen LogP contribution in [0.1, 0.15) is 16.8 Å². The molecule has 6 nitrogen and oxygen atoms in total. The van der Waals surface area contributed by atoms with Crippen LogP contribution in [0.4, 0.5) is 5.82 Å². The quantitative estimate of drug-likeness (QED) is 0.640. The zero-order chi connectivity index (χ0) is 11.3. The number of carbonyl (C=O) groups excluding carboxylic acids is 1. The fraction of sp³-hybridized carbons (Fsp3) is 0.222. The number of amides is 1. The molecular weight excluding hydrogens is 198 g/mol. The zero-order valence-electron chi connectivity index (χ0n) is 7.93. The molecule has 4 N–H and O–H groups in total. The third-order valence-corrected chi connectivity index (χ3v) is 1.71. The van der Waals surface area contributed by atoms with E-state index in [1.165, 1.54) is 12.3 Å². The van der Waals surface area contributed by atoms with Gasteiger partial charge in [-0.15, -0.1) is 0 Å². The van der Waals surface area contributed by atoms with E-state index in [4.69, 9.17) is 10.8 Å². The number of aliphatic carboxylic acids is 1. The van der Waals surface area contributed by atoms with Crippen molar-refractivity contribution >= 4 is 17.7 Å². The van der Waals surface area contributed by atoms with Gasteiger partial charge in [-0.05, 0) is 12.1 Å². The highest BCUT2D eigenvalue weighted by atomic mass is 16.4. The molecule has 0 aliphatic rings. The lowest BCUT2D eigenvalue weighted by Gasteiger charge is -2.04.